The zero-order chi connectivity index (χ0) is 18.2. The van der Waals surface area contributed by atoms with Crippen LogP contribution in [-0.4, -0.2) is 25.0 Å². The molecule has 0 aromatic heterocycles. The number of ether oxygens (including phenoxy) is 2. The third-order valence-corrected chi connectivity index (χ3v) is 3.41. The van der Waals surface area contributed by atoms with Crippen molar-refractivity contribution in [3.63, 3.8) is 0 Å². The fraction of sp³-hybridized carbons (Fsp3) is 0.263. The quantitative estimate of drug-likeness (QED) is 0.792. The smallest absolute Gasteiger partial charge is 0.269 e. The summed E-state index contributed by atoms with van der Waals surface area (Å²) in [6.07, 6.45) is 0. The zero-order valence-corrected chi connectivity index (χ0v) is 14.6. The van der Waals surface area contributed by atoms with Crippen LogP contribution in [0, 0.1) is 6.92 Å². The zero-order valence-electron chi connectivity index (χ0n) is 14.6. The molecule has 0 atom stereocenters. The van der Waals surface area contributed by atoms with Gasteiger partial charge in [-0.3, -0.25) is 20.4 Å². The first-order valence-electron chi connectivity index (χ1n) is 8.12. The normalized spacial score (nSPS) is 10.0. The molecule has 0 aliphatic rings. The molecule has 0 aliphatic carbocycles. The molecule has 0 spiro atoms. The van der Waals surface area contributed by atoms with Crippen molar-refractivity contribution in [2.45, 2.75) is 20.8 Å². The Morgan fingerprint density at radius 1 is 0.800 bits per heavy atom. The fourth-order valence-electron chi connectivity index (χ4n) is 2.16. The molecule has 0 aliphatic heterocycles. The molecule has 0 saturated carbocycles. The van der Waals surface area contributed by atoms with Crippen molar-refractivity contribution in [3.8, 4) is 11.5 Å². The number of hydrogen-bond acceptors (Lipinski definition) is 4. The average Bonchev–Trinajstić information content (AvgIpc) is 2.62. The molecule has 0 bridgehead atoms. The first-order valence-corrected chi connectivity index (χ1v) is 8.12. The lowest BCUT2D eigenvalue weighted by atomic mass is 10.1. The van der Waals surface area contributed by atoms with Crippen molar-refractivity contribution in [1.29, 1.82) is 0 Å². The number of carbonyl (C=O) groups excluding carboxylic acids is 2. The van der Waals surface area contributed by atoms with E-state index in [0.29, 0.717) is 35.8 Å². The standard InChI is InChI=1S/C19H22N2O4/c1-4-24-16-11-10-15(12-17(16)25-5-2)19(23)21-20-18(22)14-8-6-13(3)7-9-14/h6-12H,4-5H2,1-3H3,(H,20,22)(H,21,23). The molecule has 132 valence electrons. The lowest BCUT2D eigenvalue weighted by Gasteiger charge is -2.13. The molecule has 0 heterocycles. The number of carbonyl (C=O) groups is 2. The van der Waals surface area contributed by atoms with Crippen LogP contribution in [0.4, 0.5) is 0 Å². The number of hydrazine groups is 1. The van der Waals surface area contributed by atoms with Crippen LogP contribution in [0.3, 0.4) is 0 Å². The summed E-state index contributed by atoms with van der Waals surface area (Å²) in [6.45, 7) is 6.61. The van der Waals surface area contributed by atoms with E-state index in [1.165, 1.54) is 0 Å². The minimum absolute atomic E-state index is 0.358. The van der Waals surface area contributed by atoms with E-state index in [1.807, 2.05) is 32.9 Å². The molecule has 0 radical (unpaired) electrons. The Labute approximate surface area is 147 Å². The largest absolute Gasteiger partial charge is 0.490 e. The molecular formula is C19H22N2O4. The Hall–Kier alpha value is -3.02. The molecular weight excluding hydrogens is 320 g/mol. The molecule has 2 aromatic rings. The highest BCUT2D eigenvalue weighted by atomic mass is 16.5. The molecule has 6 heteroatoms. The Morgan fingerprint density at radius 2 is 1.32 bits per heavy atom. The van der Waals surface area contributed by atoms with Gasteiger partial charge in [-0.2, -0.15) is 0 Å². The summed E-state index contributed by atoms with van der Waals surface area (Å²) in [5.74, 6) is 0.236. The van der Waals surface area contributed by atoms with Gasteiger partial charge in [0.25, 0.3) is 11.8 Å². The second-order valence-electron chi connectivity index (χ2n) is 5.30. The average molecular weight is 342 g/mol. The van der Waals surface area contributed by atoms with Gasteiger partial charge in [0.05, 0.1) is 13.2 Å². The number of aryl methyl sites for hydroxylation is 1. The van der Waals surface area contributed by atoms with Crippen molar-refractivity contribution in [2.24, 2.45) is 0 Å². The van der Waals surface area contributed by atoms with E-state index in [2.05, 4.69) is 10.9 Å². The van der Waals surface area contributed by atoms with Crippen molar-refractivity contribution >= 4 is 11.8 Å². The molecule has 2 aromatic carbocycles. The van der Waals surface area contributed by atoms with Gasteiger partial charge >= 0.3 is 0 Å². The van der Waals surface area contributed by atoms with E-state index >= 15 is 0 Å². The summed E-state index contributed by atoms with van der Waals surface area (Å²) in [6, 6.07) is 11.9. The summed E-state index contributed by atoms with van der Waals surface area (Å²) in [4.78, 5) is 24.3. The molecule has 0 unspecified atom stereocenters. The number of benzene rings is 2. The summed E-state index contributed by atoms with van der Waals surface area (Å²) in [7, 11) is 0. The summed E-state index contributed by atoms with van der Waals surface area (Å²) < 4.78 is 11.0. The van der Waals surface area contributed by atoms with Gasteiger partial charge in [-0.25, -0.2) is 0 Å². The van der Waals surface area contributed by atoms with Gasteiger partial charge in [-0.1, -0.05) is 17.7 Å². The molecule has 0 fully saturated rings. The first kappa shape index (κ1) is 18.3. The molecule has 0 saturated heterocycles. The van der Waals surface area contributed by atoms with Crippen LogP contribution < -0.4 is 20.3 Å². The minimum atomic E-state index is -0.440. The topological polar surface area (TPSA) is 76.7 Å². The highest BCUT2D eigenvalue weighted by molar-refractivity contribution is 5.99. The van der Waals surface area contributed by atoms with Crippen molar-refractivity contribution in [3.05, 3.63) is 59.2 Å². The van der Waals surface area contributed by atoms with Crippen LogP contribution in [0.5, 0.6) is 11.5 Å². The molecule has 25 heavy (non-hydrogen) atoms. The van der Waals surface area contributed by atoms with Crippen LogP contribution in [-0.2, 0) is 0 Å². The number of rotatable bonds is 6. The van der Waals surface area contributed by atoms with Crippen LogP contribution >= 0.6 is 0 Å². The van der Waals surface area contributed by atoms with E-state index in [9.17, 15) is 9.59 Å². The van der Waals surface area contributed by atoms with E-state index in [0.717, 1.165) is 5.56 Å². The second kappa shape index (κ2) is 8.73. The van der Waals surface area contributed by atoms with E-state index in [1.54, 1.807) is 30.3 Å². The lowest BCUT2D eigenvalue weighted by Crippen LogP contribution is -2.41. The molecule has 6 nitrogen and oxygen atoms in total. The first-order chi connectivity index (χ1) is 12.0. The lowest BCUT2D eigenvalue weighted by molar-refractivity contribution is 0.0846. The fourth-order valence-corrected chi connectivity index (χ4v) is 2.16. The second-order valence-corrected chi connectivity index (χ2v) is 5.30. The minimum Gasteiger partial charge on any atom is -0.490 e. The maximum absolute atomic E-state index is 12.2. The van der Waals surface area contributed by atoms with Gasteiger partial charge in [-0.15, -0.1) is 0 Å². The Kier molecular flexibility index (Phi) is 6.39. The highest BCUT2D eigenvalue weighted by Gasteiger charge is 2.13. The van der Waals surface area contributed by atoms with Gasteiger partial charge in [0.2, 0.25) is 0 Å². The summed E-state index contributed by atoms with van der Waals surface area (Å²) in [5.41, 5.74) is 6.67. The molecule has 2 N–H and O–H groups in total. The third-order valence-electron chi connectivity index (χ3n) is 3.41. The van der Waals surface area contributed by atoms with Crippen molar-refractivity contribution in [2.75, 3.05) is 13.2 Å². The maximum Gasteiger partial charge on any atom is 0.269 e. The van der Waals surface area contributed by atoms with E-state index in [-0.39, 0.29) is 5.91 Å². The van der Waals surface area contributed by atoms with Crippen molar-refractivity contribution < 1.29 is 19.1 Å². The van der Waals surface area contributed by atoms with Crippen LogP contribution in [0.25, 0.3) is 0 Å². The summed E-state index contributed by atoms with van der Waals surface area (Å²) >= 11 is 0. The van der Waals surface area contributed by atoms with Gasteiger partial charge < -0.3 is 9.47 Å². The van der Waals surface area contributed by atoms with E-state index in [4.69, 9.17) is 9.47 Å². The Balaban J connectivity index is 2.03. The highest BCUT2D eigenvalue weighted by Crippen LogP contribution is 2.28. The van der Waals surface area contributed by atoms with Gasteiger partial charge in [0.15, 0.2) is 11.5 Å². The molecule has 2 amide bonds. The summed E-state index contributed by atoms with van der Waals surface area (Å²) in [5, 5.41) is 0. The third kappa shape index (κ3) is 4.97. The van der Waals surface area contributed by atoms with Crippen LogP contribution in [0.15, 0.2) is 42.5 Å². The predicted octanol–water partition coefficient (Wildman–Crippen LogP) is 2.87. The monoisotopic (exact) mass is 342 g/mol. The predicted molar refractivity (Wildman–Crippen MR) is 94.9 cm³/mol. The Bertz CT molecular complexity index is 742. The number of amides is 2. The number of hydrogen-bond donors (Lipinski definition) is 2. The number of nitrogens with one attached hydrogen (secondary N) is 2. The molecule has 2 rings (SSSR count). The SMILES string of the molecule is CCOc1ccc(C(=O)NNC(=O)c2ccc(C)cc2)cc1OCC. The van der Waals surface area contributed by atoms with Crippen LogP contribution in [0.2, 0.25) is 0 Å². The van der Waals surface area contributed by atoms with E-state index < -0.39 is 5.91 Å². The van der Waals surface area contributed by atoms with Gasteiger partial charge in [0, 0.05) is 11.1 Å². The maximum atomic E-state index is 12.2. The van der Waals surface area contributed by atoms with Gasteiger partial charge in [-0.05, 0) is 51.1 Å². The van der Waals surface area contributed by atoms with Gasteiger partial charge in [0.1, 0.15) is 0 Å². The van der Waals surface area contributed by atoms with Crippen LogP contribution in [0.1, 0.15) is 40.1 Å². The Morgan fingerprint density at radius 3 is 1.92 bits per heavy atom. The van der Waals surface area contributed by atoms with Crippen molar-refractivity contribution in [1.82, 2.24) is 10.9 Å².